The van der Waals surface area contributed by atoms with E-state index < -0.39 is 0 Å². The lowest BCUT2D eigenvalue weighted by Gasteiger charge is -1.99. The average Bonchev–Trinajstić information content (AvgIpc) is 2.91. The summed E-state index contributed by atoms with van der Waals surface area (Å²) < 4.78 is 1.79. The van der Waals surface area contributed by atoms with Gasteiger partial charge in [0.05, 0.1) is 5.02 Å². The number of hydrogen-bond acceptors (Lipinski definition) is 4. The largest absolute Gasteiger partial charge is 0.234 e. The zero-order valence-corrected chi connectivity index (χ0v) is 12.4. The fourth-order valence-corrected chi connectivity index (χ4v) is 3.26. The summed E-state index contributed by atoms with van der Waals surface area (Å²) in [6.45, 7) is 2.10. The first-order valence-corrected chi connectivity index (χ1v) is 7.43. The van der Waals surface area contributed by atoms with Gasteiger partial charge in [-0.15, -0.1) is 10.2 Å². The Morgan fingerprint density at radius 2 is 2.11 bits per heavy atom. The van der Waals surface area contributed by atoms with Crippen LogP contribution in [-0.4, -0.2) is 19.8 Å². The molecule has 0 atom stereocenters. The number of hydrogen-bond donors (Lipinski definition) is 0. The monoisotopic (exact) mass is 312 g/mol. The van der Waals surface area contributed by atoms with E-state index in [4.69, 9.17) is 23.2 Å². The highest BCUT2D eigenvalue weighted by Crippen LogP contribution is 2.33. The molecule has 0 saturated heterocycles. The van der Waals surface area contributed by atoms with Gasteiger partial charge >= 0.3 is 0 Å². The van der Waals surface area contributed by atoms with Crippen molar-refractivity contribution < 1.29 is 0 Å². The van der Waals surface area contributed by atoms with E-state index in [-0.39, 0.29) is 0 Å². The minimum atomic E-state index is 0.592. The first-order valence-electron chi connectivity index (χ1n) is 5.85. The van der Waals surface area contributed by atoms with Crippen molar-refractivity contribution in [1.82, 2.24) is 19.8 Å². The first kappa shape index (κ1) is 12.8. The van der Waals surface area contributed by atoms with Crippen LogP contribution in [0.1, 0.15) is 19.2 Å². The van der Waals surface area contributed by atoms with E-state index >= 15 is 0 Å². The van der Waals surface area contributed by atoms with Crippen LogP contribution in [0.5, 0.6) is 0 Å². The van der Waals surface area contributed by atoms with Gasteiger partial charge in [-0.25, -0.2) is 0 Å². The van der Waals surface area contributed by atoms with Gasteiger partial charge in [0.15, 0.2) is 5.82 Å². The van der Waals surface area contributed by atoms with Crippen LogP contribution in [0, 0.1) is 0 Å². The number of aromatic nitrogens is 4. The van der Waals surface area contributed by atoms with Gasteiger partial charge in [0, 0.05) is 17.0 Å². The Morgan fingerprint density at radius 3 is 2.84 bits per heavy atom. The molecular formula is C12H10Cl2N4S. The highest BCUT2D eigenvalue weighted by atomic mass is 35.5. The molecule has 2 aromatic heterocycles. The lowest BCUT2D eigenvalue weighted by atomic mass is 10.2. The van der Waals surface area contributed by atoms with Gasteiger partial charge in [-0.1, -0.05) is 41.5 Å². The predicted molar refractivity (Wildman–Crippen MR) is 78.1 cm³/mol. The molecule has 0 amide bonds. The molecule has 98 valence electrons. The van der Waals surface area contributed by atoms with Gasteiger partial charge in [-0.2, -0.15) is 9.61 Å². The second-order valence-corrected chi connectivity index (χ2v) is 5.89. The van der Waals surface area contributed by atoms with Crippen molar-refractivity contribution >= 4 is 39.5 Å². The van der Waals surface area contributed by atoms with Gasteiger partial charge in [0.1, 0.15) is 5.01 Å². The quantitative estimate of drug-likeness (QED) is 0.731. The van der Waals surface area contributed by atoms with Gasteiger partial charge in [0.2, 0.25) is 4.96 Å². The van der Waals surface area contributed by atoms with E-state index in [1.165, 1.54) is 11.3 Å². The van der Waals surface area contributed by atoms with Crippen molar-refractivity contribution in [3.63, 3.8) is 0 Å². The van der Waals surface area contributed by atoms with Gasteiger partial charge in [-0.05, 0) is 24.6 Å². The second kappa shape index (κ2) is 5.07. The van der Waals surface area contributed by atoms with E-state index in [2.05, 4.69) is 22.2 Å². The Kier molecular flexibility index (Phi) is 3.43. The van der Waals surface area contributed by atoms with Crippen molar-refractivity contribution in [2.24, 2.45) is 0 Å². The van der Waals surface area contributed by atoms with Crippen molar-refractivity contribution in [3.8, 4) is 10.6 Å². The summed E-state index contributed by atoms with van der Waals surface area (Å²) in [5.41, 5.74) is 0.865. The molecule has 0 aliphatic heterocycles. The van der Waals surface area contributed by atoms with Crippen LogP contribution in [0.2, 0.25) is 10.0 Å². The lowest BCUT2D eigenvalue weighted by Crippen LogP contribution is -1.95. The number of aryl methyl sites for hydroxylation is 1. The molecular weight excluding hydrogens is 303 g/mol. The SMILES string of the molecule is CCCc1nnc2sc(-c3ccc(Cl)cc3Cl)nn12. The summed E-state index contributed by atoms with van der Waals surface area (Å²) in [6.07, 6.45) is 1.87. The molecule has 0 aliphatic carbocycles. The number of fused-ring (bicyclic) bond motifs is 1. The maximum Gasteiger partial charge on any atom is 0.234 e. The standard InChI is InChI=1S/C12H10Cl2N4S/c1-2-3-10-15-16-12-18(10)17-11(19-12)8-5-4-7(13)6-9(8)14/h4-6H,2-3H2,1H3. The van der Waals surface area contributed by atoms with E-state index in [1.54, 1.807) is 16.6 Å². The third-order valence-electron chi connectivity index (χ3n) is 2.69. The number of rotatable bonds is 3. The Labute approximate surface area is 124 Å². The first-order chi connectivity index (χ1) is 9.19. The molecule has 4 nitrogen and oxygen atoms in total. The summed E-state index contributed by atoms with van der Waals surface area (Å²) >= 11 is 13.6. The number of nitrogens with zero attached hydrogens (tertiary/aromatic N) is 4. The van der Waals surface area contributed by atoms with Gasteiger partial charge < -0.3 is 0 Å². The number of halogens is 2. The molecule has 7 heteroatoms. The minimum Gasteiger partial charge on any atom is -0.187 e. The van der Waals surface area contributed by atoms with Gasteiger partial charge in [0.25, 0.3) is 0 Å². The van der Waals surface area contributed by atoms with Gasteiger partial charge in [-0.3, -0.25) is 0 Å². The molecule has 0 aliphatic rings. The maximum atomic E-state index is 6.20. The molecule has 0 unspecified atom stereocenters. The lowest BCUT2D eigenvalue weighted by molar-refractivity contribution is 0.778. The highest BCUT2D eigenvalue weighted by molar-refractivity contribution is 7.19. The van der Waals surface area contributed by atoms with Crippen LogP contribution in [-0.2, 0) is 6.42 Å². The predicted octanol–water partition coefficient (Wildman–Crippen LogP) is 4.11. The third-order valence-corrected chi connectivity index (χ3v) is 4.17. The second-order valence-electron chi connectivity index (χ2n) is 4.09. The summed E-state index contributed by atoms with van der Waals surface area (Å²) in [4.78, 5) is 0.782. The van der Waals surface area contributed by atoms with Crippen LogP contribution in [0.3, 0.4) is 0 Å². The Hall–Kier alpha value is -1.17. The van der Waals surface area contributed by atoms with Crippen molar-refractivity contribution in [1.29, 1.82) is 0 Å². The van der Waals surface area contributed by atoms with Crippen molar-refractivity contribution in [3.05, 3.63) is 34.1 Å². The fourth-order valence-electron chi connectivity index (χ4n) is 1.81. The van der Waals surface area contributed by atoms with E-state index in [9.17, 15) is 0 Å². The molecule has 0 fully saturated rings. The normalized spacial score (nSPS) is 11.3. The summed E-state index contributed by atoms with van der Waals surface area (Å²) in [6, 6.07) is 5.39. The van der Waals surface area contributed by atoms with Crippen molar-refractivity contribution in [2.45, 2.75) is 19.8 Å². The van der Waals surface area contributed by atoms with Crippen LogP contribution in [0.25, 0.3) is 15.5 Å². The van der Waals surface area contributed by atoms with Crippen LogP contribution < -0.4 is 0 Å². The molecule has 3 aromatic rings. The molecule has 3 rings (SSSR count). The minimum absolute atomic E-state index is 0.592. The Bertz CT molecular complexity index is 734. The molecule has 0 saturated carbocycles. The maximum absolute atomic E-state index is 6.20. The van der Waals surface area contributed by atoms with Crippen LogP contribution in [0.4, 0.5) is 0 Å². The Morgan fingerprint density at radius 1 is 1.26 bits per heavy atom. The zero-order valence-electron chi connectivity index (χ0n) is 10.1. The number of benzene rings is 1. The summed E-state index contributed by atoms with van der Waals surface area (Å²) in [7, 11) is 0. The zero-order chi connectivity index (χ0) is 13.4. The summed E-state index contributed by atoms with van der Waals surface area (Å²) in [5.74, 6) is 0.880. The molecule has 0 N–H and O–H groups in total. The van der Waals surface area contributed by atoms with Crippen molar-refractivity contribution in [2.75, 3.05) is 0 Å². The average molecular weight is 313 g/mol. The van der Waals surface area contributed by atoms with Crippen LogP contribution >= 0.6 is 34.5 Å². The molecule has 1 aromatic carbocycles. The van der Waals surface area contributed by atoms with E-state index in [0.29, 0.717) is 10.0 Å². The Balaban J connectivity index is 2.10. The van der Waals surface area contributed by atoms with E-state index in [1.807, 2.05) is 6.07 Å². The molecule has 0 radical (unpaired) electrons. The molecule has 19 heavy (non-hydrogen) atoms. The fraction of sp³-hybridized carbons (Fsp3) is 0.250. The molecule has 0 bridgehead atoms. The topological polar surface area (TPSA) is 43.1 Å². The highest BCUT2D eigenvalue weighted by Gasteiger charge is 2.14. The molecule has 0 spiro atoms. The smallest absolute Gasteiger partial charge is 0.187 e. The van der Waals surface area contributed by atoms with E-state index in [0.717, 1.165) is 34.2 Å². The molecule has 2 heterocycles. The van der Waals surface area contributed by atoms with Crippen LogP contribution in [0.15, 0.2) is 18.2 Å². The third kappa shape index (κ3) is 2.33. The summed E-state index contributed by atoms with van der Waals surface area (Å²) in [5, 5.41) is 14.8.